The Morgan fingerprint density at radius 2 is 1.89 bits per heavy atom. The van der Waals surface area contributed by atoms with E-state index in [1.807, 2.05) is 30.3 Å². The van der Waals surface area contributed by atoms with E-state index in [9.17, 15) is 13.2 Å². The molecule has 8 heteroatoms. The minimum atomic E-state index is -3.13. The Bertz CT molecular complexity index is 1140. The van der Waals surface area contributed by atoms with Gasteiger partial charge in [0.15, 0.2) is 9.84 Å². The summed E-state index contributed by atoms with van der Waals surface area (Å²) in [6.07, 6.45) is 0.440. The van der Waals surface area contributed by atoms with Crippen LogP contribution in [-0.4, -0.2) is 36.8 Å². The molecule has 3 aromatic rings. The minimum Gasteiger partial charge on any atom is -0.330 e. The Labute approximate surface area is 177 Å². The van der Waals surface area contributed by atoms with Crippen molar-refractivity contribution in [2.45, 2.75) is 19.0 Å². The number of fused-ring (bicyclic) bond motifs is 1. The fraction of sp³-hybridized carbons (Fsp3) is 0.250. The Morgan fingerprint density at radius 3 is 2.57 bits per heavy atom. The molecule has 1 aliphatic heterocycles. The molecule has 2 aromatic carbocycles. The first kappa shape index (κ1) is 19.7. The van der Waals surface area contributed by atoms with Crippen LogP contribution in [0.15, 0.2) is 48.5 Å². The largest absolute Gasteiger partial charge is 0.330 e. The van der Waals surface area contributed by atoms with Gasteiger partial charge in [-0.05, 0) is 24.1 Å². The van der Waals surface area contributed by atoms with Gasteiger partial charge in [-0.3, -0.25) is 4.79 Å². The van der Waals surface area contributed by atoms with Crippen LogP contribution >= 0.6 is 34.5 Å². The molecule has 4 nitrogen and oxygen atoms in total. The number of rotatable bonds is 4. The van der Waals surface area contributed by atoms with Crippen LogP contribution < -0.4 is 0 Å². The molecule has 0 spiro atoms. The van der Waals surface area contributed by atoms with E-state index in [0.717, 1.165) is 15.6 Å². The fourth-order valence-electron chi connectivity index (χ4n) is 3.48. The number of sulfone groups is 1. The SMILES string of the molecule is O=C(c1sc2cc(Cl)ccc2c1Cl)N(Cc1ccccc1)[C@@H]1CCS(=O)(=O)C1. The second kappa shape index (κ2) is 7.67. The van der Waals surface area contributed by atoms with E-state index < -0.39 is 9.84 Å². The first-order chi connectivity index (χ1) is 13.3. The van der Waals surface area contributed by atoms with Gasteiger partial charge in [0, 0.05) is 27.7 Å². The minimum absolute atomic E-state index is 0.0140. The van der Waals surface area contributed by atoms with Gasteiger partial charge in [-0.15, -0.1) is 11.3 Å². The molecule has 0 radical (unpaired) electrons. The van der Waals surface area contributed by atoms with Crippen molar-refractivity contribution in [3.63, 3.8) is 0 Å². The summed E-state index contributed by atoms with van der Waals surface area (Å²) in [4.78, 5) is 15.5. The lowest BCUT2D eigenvalue weighted by atomic mass is 10.1. The molecule has 0 unspecified atom stereocenters. The monoisotopic (exact) mass is 453 g/mol. The van der Waals surface area contributed by atoms with Crippen molar-refractivity contribution < 1.29 is 13.2 Å². The van der Waals surface area contributed by atoms with Gasteiger partial charge >= 0.3 is 0 Å². The molecule has 0 saturated carbocycles. The molecule has 4 rings (SSSR count). The topological polar surface area (TPSA) is 54.5 Å². The van der Waals surface area contributed by atoms with Crippen LogP contribution in [0.2, 0.25) is 10.0 Å². The molecule has 0 bridgehead atoms. The molecule has 1 amide bonds. The number of amides is 1. The quantitative estimate of drug-likeness (QED) is 0.555. The van der Waals surface area contributed by atoms with Crippen LogP contribution in [0.25, 0.3) is 10.1 Å². The van der Waals surface area contributed by atoms with Crippen LogP contribution in [0, 0.1) is 0 Å². The highest BCUT2D eigenvalue weighted by Gasteiger charge is 2.36. The summed E-state index contributed by atoms with van der Waals surface area (Å²) < 4.78 is 24.9. The van der Waals surface area contributed by atoms with Crippen molar-refractivity contribution in [1.82, 2.24) is 4.90 Å². The molecule has 146 valence electrons. The maximum atomic E-state index is 13.4. The molecule has 28 heavy (non-hydrogen) atoms. The molecule has 1 aromatic heterocycles. The Morgan fingerprint density at radius 1 is 1.14 bits per heavy atom. The van der Waals surface area contributed by atoms with Crippen molar-refractivity contribution in [3.05, 3.63) is 69.0 Å². The smallest absolute Gasteiger partial charge is 0.266 e. The molecule has 2 heterocycles. The van der Waals surface area contributed by atoms with E-state index in [1.54, 1.807) is 23.1 Å². The summed E-state index contributed by atoms with van der Waals surface area (Å²) in [5.41, 5.74) is 0.945. The summed E-state index contributed by atoms with van der Waals surface area (Å²) in [5.74, 6) is -0.153. The number of carbonyl (C=O) groups excluding carboxylic acids is 1. The lowest BCUT2D eigenvalue weighted by Gasteiger charge is -2.28. The molecule has 0 N–H and O–H groups in total. The Kier molecular flexibility index (Phi) is 5.40. The van der Waals surface area contributed by atoms with Crippen molar-refractivity contribution in [2.75, 3.05) is 11.5 Å². The lowest BCUT2D eigenvalue weighted by Crippen LogP contribution is -2.40. The average molecular weight is 454 g/mol. The third-order valence-corrected chi connectivity index (χ3v) is 8.52. The molecule has 1 fully saturated rings. The lowest BCUT2D eigenvalue weighted by molar-refractivity contribution is 0.0686. The van der Waals surface area contributed by atoms with Crippen LogP contribution in [-0.2, 0) is 16.4 Å². The highest BCUT2D eigenvalue weighted by atomic mass is 35.5. The molecule has 1 saturated heterocycles. The third kappa shape index (κ3) is 3.92. The molecule has 1 atom stereocenters. The standard InChI is InChI=1S/C20H17Cl2NO3S2/c21-14-6-7-16-17(10-14)27-19(18(16)22)20(24)23(11-13-4-2-1-3-5-13)15-8-9-28(25,26)12-15/h1-7,10,15H,8-9,11-12H2/t15-/m1/s1. The predicted molar refractivity (Wildman–Crippen MR) is 115 cm³/mol. The summed E-state index contributed by atoms with van der Waals surface area (Å²) in [7, 11) is -3.13. The van der Waals surface area contributed by atoms with E-state index in [4.69, 9.17) is 23.2 Å². The van der Waals surface area contributed by atoms with Gasteiger partial charge in [-0.25, -0.2) is 8.42 Å². The Hall–Kier alpha value is -1.60. The van der Waals surface area contributed by atoms with Crippen molar-refractivity contribution in [1.29, 1.82) is 0 Å². The van der Waals surface area contributed by atoms with Gasteiger partial charge in [0.2, 0.25) is 0 Å². The normalized spacial score (nSPS) is 18.4. The maximum Gasteiger partial charge on any atom is 0.266 e. The zero-order valence-electron chi connectivity index (χ0n) is 14.8. The molecule has 1 aliphatic rings. The summed E-state index contributed by atoms with van der Waals surface area (Å²) in [5, 5.41) is 1.74. The van der Waals surface area contributed by atoms with E-state index in [1.165, 1.54) is 11.3 Å². The average Bonchev–Trinajstić information content (AvgIpc) is 3.19. The van der Waals surface area contributed by atoms with Crippen LogP contribution in [0.4, 0.5) is 0 Å². The maximum absolute atomic E-state index is 13.4. The fourth-order valence-corrected chi connectivity index (χ4v) is 6.95. The number of carbonyl (C=O) groups is 1. The highest BCUT2D eigenvalue weighted by Crippen LogP contribution is 2.38. The van der Waals surface area contributed by atoms with Crippen LogP contribution in [0.5, 0.6) is 0 Å². The third-order valence-electron chi connectivity index (χ3n) is 4.89. The zero-order valence-corrected chi connectivity index (χ0v) is 17.9. The van der Waals surface area contributed by atoms with Gasteiger partial charge in [0.1, 0.15) is 4.88 Å². The van der Waals surface area contributed by atoms with Gasteiger partial charge < -0.3 is 4.90 Å². The van der Waals surface area contributed by atoms with Crippen molar-refractivity contribution in [3.8, 4) is 0 Å². The number of hydrogen-bond donors (Lipinski definition) is 0. The summed E-state index contributed by atoms with van der Waals surface area (Å²) in [6, 6.07) is 14.5. The van der Waals surface area contributed by atoms with Gasteiger partial charge in [-0.1, -0.05) is 59.6 Å². The van der Waals surface area contributed by atoms with Gasteiger partial charge in [0.25, 0.3) is 5.91 Å². The number of halogens is 2. The van der Waals surface area contributed by atoms with E-state index in [-0.39, 0.29) is 23.5 Å². The van der Waals surface area contributed by atoms with Crippen molar-refractivity contribution in [2.24, 2.45) is 0 Å². The summed E-state index contributed by atoms with van der Waals surface area (Å²) in [6.45, 7) is 0.338. The Balaban J connectivity index is 1.73. The van der Waals surface area contributed by atoms with E-state index >= 15 is 0 Å². The first-order valence-electron chi connectivity index (χ1n) is 8.77. The second-order valence-electron chi connectivity index (χ2n) is 6.86. The summed E-state index contributed by atoms with van der Waals surface area (Å²) >= 11 is 13.9. The number of benzene rings is 2. The molecule has 0 aliphatic carbocycles. The first-order valence-corrected chi connectivity index (χ1v) is 12.2. The van der Waals surface area contributed by atoms with E-state index in [2.05, 4.69) is 0 Å². The van der Waals surface area contributed by atoms with Crippen molar-refractivity contribution >= 4 is 60.4 Å². The zero-order chi connectivity index (χ0) is 19.9. The van der Waals surface area contributed by atoms with Gasteiger partial charge in [0.05, 0.1) is 16.5 Å². The second-order valence-corrected chi connectivity index (χ2v) is 11.0. The number of thiophene rings is 1. The van der Waals surface area contributed by atoms with Gasteiger partial charge in [-0.2, -0.15) is 0 Å². The number of nitrogens with zero attached hydrogens (tertiary/aromatic N) is 1. The molecular formula is C20H17Cl2NO3S2. The highest BCUT2D eigenvalue weighted by molar-refractivity contribution is 7.91. The van der Waals surface area contributed by atoms with E-state index in [0.29, 0.717) is 27.9 Å². The van der Waals surface area contributed by atoms with Crippen LogP contribution in [0.3, 0.4) is 0 Å². The predicted octanol–water partition coefficient (Wildman–Crippen LogP) is 5.04. The number of hydrogen-bond acceptors (Lipinski definition) is 4. The van der Waals surface area contributed by atoms with Crippen LogP contribution in [0.1, 0.15) is 21.7 Å². The molecular weight excluding hydrogens is 437 g/mol.